The Balaban J connectivity index is 2.29. The molecule has 0 bridgehead atoms. The quantitative estimate of drug-likeness (QED) is 0.334. The highest BCUT2D eigenvalue weighted by Gasteiger charge is 2.10. The Morgan fingerprint density at radius 3 is 2.74 bits per heavy atom. The number of oxime groups is 1. The minimum absolute atomic E-state index is 0.116. The summed E-state index contributed by atoms with van der Waals surface area (Å²) in [6, 6.07) is 7.32. The van der Waals surface area contributed by atoms with Crippen molar-refractivity contribution in [3.8, 4) is 0 Å². The lowest BCUT2D eigenvalue weighted by Gasteiger charge is -2.09. The predicted molar refractivity (Wildman–Crippen MR) is 78.9 cm³/mol. The predicted octanol–water partition coefficient (Wildman–Crippen LogP) is 3.33. The molecule has 5 heteroatoms. The number of carbonyl (C=O) groups is 1. The third-order valence-corrected chi connectivity index (χ3v) is 3.19. The minimum atomic E-state index is -0.296. The normalized spacial score (nSPS) is 12.4. The first kappa shape index (κ1) is 15.7. The van der Waals surface area contributed by atoms with Crippen LogP contribution in [0.2, 0.25) is 0 Å². The van der Waals surface area contributed by atoms with Gasteiger partial charge in [-0.3, -0.25) is 0 Å². The fourth-order valence-electron chi connectivity index (χ4n) is 1.41. The summed E-state index contributed by atoms with van der Waals surface area (Å²) in [5.74, 6) is -0.296. The van der Waals surface area contributed by atoms with Gasteiger partial charge in [-0.25, -0.2) is 4.79 Å². The van der Waals surface area contributed by atoms with Crippen LogP contribution < -0.4 is 0 Å². The van der Waals surface area contributed by atoms with E-state index < -0.39 is 0 Å². The molecule has 0 heterocycles. The van der Waals surface area contributed by atoms with Crippen LogP contribution in [0.1, 0.15) is 28.8 Å². The van der Waals surface area contributed by atoms with Gasteiger partial charge in [-0.05, 0) is 31.9 Å². The number of halogens is 1. The van der Waals surface area contributed by atoms with Gasteiger partial charge in [0.2, 0.25) is 0 Å². The number of alkyl halides is 1. The number of ether oxygens (including phenoxy) is 1. The fourth-order valence-corrected chi connectivity index (χ4v) is 1.80. The first-order chi connectivity index (χ1) is 9.13. The molecule has 0 saturated carbocycles. The summed E-state index contributed by atoms with van der Waals surface area (Å²) in [5.41, 5.74) is 1.69. The van der Waals surface area contributed by atoms with Crippen LogP contribution in [0, 0.1) is 6.92 Å². The Kier molecular flexibility index (Phi) is 7.18. The summed E-state index contributed by atoms with van der Waals surface area (Å²) < 4.78 is 5.23. The van der Waals surface area contributed by atoms with Crippen LogP contribution >= 0.6 is 15.9 Å². The lowest BCUT2D eigenvalue weighted by molar-refractivity contribution is 0.0506. The van der Waals surface area contributed by atoms with E-state index in [2.05, 4.69) is 25.9 Å². The smallest absolute Gasteiger partial charge is 0.338 e. The second kappa shape index (κ2) is 8.69. The number of esters is 1. The number of hydrogen-bond donors (Lipinski definition) is 0. The molecule has 0 aliphatic rings. The third kappa shape index (κ3) is 6.38. The van der Waals surface area contributed by atoms with Crippen molar-refractivity contribution in [1.82, 2.24) is 0 Å². The highest BCUT2D eigenvalue weighted by Crippen LogP contribution is 2.10. The van der Waals surface area contributed by atoms with Crippen LogP contribution in [0.4, 0.5) is 0 Å². The summed E-state index contributed by atoms with van der Waals surface area (Å²) in [7, 11) is 1.51. The van der Waals surface area contributed by atoms with E-state index >= 15 is 0 Å². The van der Waals surface area contributed by atoms with E-state index in [1.54, 1.807) is 18.3 Å². The molecule has 1 aromatic rings. The molecule has 0 aromatic heterocycles. The van der Waals surface area contributed by atoms with Crippen LogP contribution in [-0.2, 0) is 9.57 Å². The Morgan fingerprint density at radius 1 is 1.42 bits per heavy atom. The number of benzene rings is 1. The molecule has 0 aliphatic carbocycles. The lowest BCUT2D eigenvalue weighted by Crippen LogP contribution is -2.14. The van der Waals surface area contributed by atoms with E-state index in [4.69, 9.17) is 4.74 Å². The van der Waals surface area contributed by atoms with Crippen LogP contribution in [0.3, 0.4) is 0 Å². The van der Waals surface area contributed by atoms with Crippen LogP contribution in [0.25, 0.3) is 0 Å². The van der Waals surface area contributed by atoms with Crippen molar-refractivity contribution in [3.05, 3.63) is 35.4 Å². The SMILES string of the molecule is CON=CCC[C@@H](Br)COC(=O)c1ccc(C)cc1. The number of rotatable bonds is 7. The molecule has 1 atom stereocenters. The zero-order valence-electron chi connectivity index (χ0n) is 11.1. The van der Waals surface area contributed by atoms with Gasteiger partial charge in [0.1, 0.15) is 13.7 Å². The molecule has 0 unspecified atom stereocenters. The van der Waals surface area contributed by atoms with Crippen molar-refractivity contribution in [3.63, 3.8) is 0 Å². The van der Waals surface area contributed by atoms with Gasteiger partial charge in [-0.15, -0.1) is 0 Å². The second-order valence-electron chi connectivity index (χ2n) is 4.11. The van der Waals surface area contributed by atoms with Crippen LogP contribution in [0.15, 0.2) is 29.4 Å². The molecule has 0 aliphatic heterocycles. The monoisotopic (exact) mass is 327 g/mol. The van der Waals surface area contributed by atoms with E-state index in [0.717, 1.165) is 18.4 Å². The standard InChI is InChI=1S/C14H18BrNO3/c1-11-5-7-12(8-6-11)14(17)19-10-13(15)4-3-9-16-18-2/h5-9,13H,3-4,10H2,1-2H3/t13-/m1/s1. The summed E-state index contributed by atoms with van der Waals surface area (Å²) >= 11 is 3.46. The topological polar surface area (TPSA) is 47.9 Å². The molecule has 104 valence electrons. The van der Waals surface area contributed by atoms with Gasteiger partial charge in [0, 0.05) is 11.0 Å². The molecule has 0 amide bonds. The van der Waals surface area contributed by atoms with Crippen molar-refractivity contribution in [1.29, 1.82) is 0 Å². The Bertz CT molecular complexity index is 417. The summed E-state index contributed by atoms with van der Waals surface area (Å²) in [5, 5.41) is 3.64. The molecule has 0 fully saturated rings. The molecule has 4 nitrogen and oxygen atoms in total. The van der Waals surface area contributed by atoms with E-state index in [-0.39, 0.29) is 10.8 Å². The molecule has 0 radical (unpaired) electrons. The summed E-state index contributed by atoms with van der Waals surface area (Å²) in [6.07, 6.45) is 3.29. The first-order valence-corrected chi connectivity index (χ1v) is 6.98. The molecule has 19 heavy (non-hydrogen) atoms. The maximum absolute atomic E-state index is 11.7. The maximum Gasteiger partial charge on any atom is 0.338 e. The minimum Gasteiger partial charge on any atom is -0.461 e. The Hall–Kier alpha value is -1.36. The number of nitrogens with zero attached hydrogens (tertiary/aromatic N) is 1. The van der Waals surface area contributed by atoms with Crippen molar-refractivity contribution >= 4 is 28.1 Å². The van der Waals surface area contributed by atoms with E-state index in [1.807, 2.05) is 19.1 Å². The van der Waals surface area contributed by atoms with Gasteiger partial charge < -0.3 is 9.57 Å². The molecule has 1 rings (SSSR count). The third-order valence-electron chi connectivity index (χ3n) is 2.47. The molecule has 0 spiro atoms. The molecular weight excluding hydrogens is 310 g/mol. The van der Waals surface area contributed by atoms with Crippen LogP contribution in [-0.4, -0.2) is 30.7 Å². The van der Waals surface area contributed by atoms with Gasteiger partial charge in [0.05, 0.1) is 5.56 Å². The van der Waals surface area contributed by atoms with E-state index in [0.29, 0.717) is 12.2 Å². The Morgan fingerprint density at radius 2 is 2.11 bits per heavy atom. The number of hydrogen-bond acceptors (Lipinski definition) is 4. The zero-order chi connectivity index (χ0) is 14.1. The summed E-state index contributed by atoms with van der Waals surface area (Å²) in [6.45, 7) is 2.32. The molecule has 0 saturated heterocycles. The second-order valence-corrected chi connectivity index (χ2v) is 5.40. The summed E-state index contributed by atoms with van der Waals surface area (Å²) in [4.78, 5) is 16.4. The largest absolute Gasteiger partial charge is 0.461 e. The zero-order valence-corrected chi connectivity index (χ0v) is 12.7. The van der Waals surface area contributed by atoms with Crippen molar-refractivity contribution in [2.24, 2.45) is 5.16 Å². The van der Waals surface area contributed by atoms with Gasteiger partial charge in [-0.2, -0.15) is 0 Å². The average molecular weight is 328 g/mol. The highest BCUT2D eigenvalue weighted by molar-refractivity contribution is 9.09. The maximum atomic E-state index is 11.7. The van der Waals surface area contributed by atoms with Crippen molar-refractivity contribution in [2.45, 2.75) is 24.6 Å². The van der Waals surface area contributed by atoms with Gasteiger partial charge in [0.15, 0.2) is 0 Å². The number of aryl methyl sites for hydroxylation is 1. The lowest BCUT2D eigenvalue weighted by atomic mass is 10.1. The van der Waals surface area contributed by atoms with Gasteiger partial charge in [0.25, 0.3) is 0 Å². The van der Waals surface area contributed by atoms with Crippen molar-refractivity contribution in [2.75, 3.05) is 13.7 Å². The number of carbonyl (C=O) groups excluding carboxylic acids is 1. The first-order valence-electron chi connectivity index (χ1n) is 6.06. The molecule has 1 aromatic carbocycles. The average Bonchev–Trinajstić information content (AvgIpc) is 2.42. The molecule has 0 N–H and O–H groups in total. The van der Waals surface area contributed by atoms with E-state index in [9.17, 15) is 4.79 Å². The van der Waals surface area contributed by atoms with Crippen molar-refractivity contribution < 1.29 is 14.4 Å². The van der Waals surface area contributed by atoms with Crippen LogP contribution in [0.5, 0.6) is 0 Å². The van der Waals surface area contributed by atoms with E-state index in [1.165, 1.54) is 7.11 Å². The van der Waals surface area contributed by atoms with Gasteiger partial charge in [-0.1, -0.05) is 38.8 Å². The van der Waals surface area contributed by atoms with Gasteiger partial charge >= 0.3 is 5.97 Å². The molecular formula is C14H18BrNO3. The Labute approximate surface area is 121 Å². The highest BCUT2D eigenvalue weighted by atomic mass is 79.9. The fraction of sp³-hybridized carbons (Fsp3) is 0.429.